The van der Waals surface area contributed by atoms with Crippen molar-refractivity contribution in [2.24, 2.45) is 0 Å². The molecule has 1 atom stereocenters. The van der Waals surface area contributed by atoms with Crippen molar-refractivity contribution in [3.8, 4) is 0 Å². The molecule has 2 aliphatic heterocycles. The zero-order chi connectivity index (χ0) is 14.7. The molecule has 1 unspecified atom stereocenters. The summed E-state index contributed by atoms with van der Waals surface area (Å²) >= 11 is 0. The minimum absolute atomic E-state index is 0.00497. The molecular weight excluding hydrogens is 268 g/mol. The van der Waals surface area contributed by atoms with Gasteiger partial charge in [-0.15, -0.1) is 0 Å². The summed E-state index contributed by atoms with van der Waals surface area (Å²) in [5, 5.41) is 3.10. The molecule has 1 aliphatic carbocycles. The largest absolute Gasteiger partial charge is 0.381 e. The van der Waals surface area contributed by atoms with Crippen LogP contribution in [0.1, 0.15) is 45.4 Å². The highest BCUT2D eigenvalue weighted by Gasteiger charge is 2.31. The van der Waals surface area contributed by atoms with Crippen LogP contribution in [0.15, 0.2) is 0 Å². The first-order valence-corrected chi connectivity index (χ1v) is 8.50. The van der Waals surface area contributed by atoms with E-state index in [0.717, 1.165) is 64.8 Å². The maximum Gasteiger partial charge on any atom is 0.237 e. The minimum atomic E-state index is -0.00497. The summed E-state index contributed by atoms with van der Waals surface area (Å²) in [5.74, 6) is 0.196. The van der Waals surface area contributed by atoms with E-state index in [1.54, 1.807) is 0 Å². The molecule has 3 fully saturated rings. The summed E-state index contributed by atoms with van der Waals surface area (Å²) in [6.07, 6.45) is 7.19. The Morgan fingerprint density at radius 3 is 2.33 bits per heavy atom. The van der Waals surface area contributed by atoms with Gasteiger partial charge in [0.1, 0.15) is 0 Å². The molecule has 1 N–H and O–H groups in total. The number of hydrogen-bond donors (Lipinski definition) is 1. The van der Waals surface area contributed by atoms with Crippen molar-refractivity contribution in [3.05, 3.63) is 0 Å². The van der Waals surface area contributed by atoms with Crippen LogP contribution in [0.2, 0.25) is 0 Å². The van der Waals surface area contributed by atoms with E-state index in [2.05, 4.69) is 10.2 Å². The van der Waals surface area contributed by atoms with Gasteiger partial charge in [0.25, 0.3) is 0 Å². The van der Waals surface area contributed by atoms with Crippen LogP contribution in [-0.2, 0) is 14.3 Å². The first-order valence-electron chi connectivity index (χ1n) is 8.50. The van der Waals surface area contributed by atoms with Crippen LogP contribution in [-0.4, -0.2) is 61.4 Å². The van der Waals surface area contributed by atoms with Crippen LogP contribution in [0.25, 0.3) is 0 Å². The van der Waals surface area contributed by atoms with Crippen LogP contribution in [0.3, 0.4) is 0 Å². The molecule has 0 aromatic heterocycles. The second-order valence-electron chi connectivity index (χ2n) is 6.64. The average molecular weight is 296 g/mol. The van der Waals surface area contributed by atoms with Gasteiger partial charge in [0.2, 0.25) is 5.91 Å². The number of nitrogens with one attached hydrogen (secondary N) is 1. The molecule has 2 saturated heterocycles. The van der Waals surface area contributed by atoms with Crippen molar-refractivity contribution in [2.75, 3.05) is 26.3 Å². The first kappa shape index (κ1) is 15.3. The van der Waals surface area contributed by atoms with Gasteiger partial charge in [0, 0.05) is 32.3 Å². The zero-order valence-corrected chi connectivity index (χ0v) is 13.1. The van der Waals surface area contributed by atoms with Crippen LogP contribution in [0.5, 0.6) is 0 Å². The molecule has 1 amide bonds. The molecule has 5 heteroatoms. The van der Waals surface area contributed by atoms with Gasteiger partial charge in [-0.25, -0.2) is 0 Å². The lowest BCUT2D eigenvalue weighted by molar-refractivity contribution is -0.128. The summed E-state index contributed by atoms with van der Waals surface area (Å²) in [7, 11) is 0. The predicted octanol–water partition coefficient (Wildman–Crippen LogP) is 1.31. The molecular formula is C16H28N2O3. The molecule has 21 heavy (non-hydrogen) atoms. The van der Waals surface area contributed by atoms with Gasteiger partial charge in [-0.05, 0) is 45.4 Å². The van der Waals surface area contributed by atoms with Crippen molar-refractivity contribution in [3.63, 3.8) is 0 Å². The number of hydrogen-bond acceptors (Lipinski definition) is 4. The van der Waals surface area contributed by atoms with E-state index < -0.39 is 0 Å². The van der Waals surface area contributed by atoms with Gasteiger partial charge in [0.05, 0.1) is 18.2 Å². The Labute approximate surface area is 127 Å². The SMILES string of the molecule is CC(C(=O)NC1CC1)N1CCC(OC2CCOCC2)CC1. The lowest BCUT2D eigenvalue weighted by Gasteiger charge is -2.37. The van der Waals surface area contributed by atoms with Gasteiger partial charge in [-0.3, -0.25) is 9.69 Å². The molecule has 2 heterocycles. The van der Waals surface area contributed by atoms with Gasteiger partial charge < -0.3 is 14.8 Å². The lowest BCUT2D eigenvalue weighted by atomic mass is 10.0. The summed E-state index contributed by atoms with van der Waals surface area (Å²) in [4.78, 5) is 14.4. The predicted molar refractivity (Wildman–Crippen MR) is 80.1 cm³/mol. The second-order valence-corrected chi connectivity index (χ2v) is 6.64. The Morgan fingerprint density at radius 2 is 1.71 bits per heavy atom. The average Bonchev–Trinajstić information content (AvgIpc) is 3.32. The van der Waals surface area contributed by atoms with E-state index in [1.165, 1.54) is 0 Å². The van der Waals surface area contributed by atoms with E-state index in [4.69, 9.17) is 9.47 Å². The fraction of sp³-hybridized carbons (Fsp3) is 0.938. The molecule has 0 aromatic carbocycles. The van der Waals surface area contributed by atoms with E-state index in [0.29, 0.717) is 18.2 Å². The van der Waals surface area contributed by atoms with Crippen LogP contribution < -0.4 is 5.32 Å². The van der Waals surface area contributed by atoms with E-state index in [-0.39, 0.29) is 11.9 Å². The number of rotatable bonds is 5. The van der Waals surface area contributed by atoms with E-state index >= 15 is 0 Å². The standard InChI is InChI=1S/C16H28N2O3/c1-12(16(19)17-13-2-3-13)18-8-4-14(5-9-18)21-15-6-10-20-11-7-15/h12-15H,2-11H2,1H3,(H,17,19). The highest BCUT2D eigenvalue weighted by molar-refractivity contribution is 5.81. The third-order valence-corrected chi connectivity index (χ3v) is 4.88. The molecule has 3 aliphatic rings. The molecule has 1 saturated carbocycles. The molecule has 0 spiro atoms. The lowest BCUT2D eigenvalue weighted by Crippen LogP contribution is -2.50. The summed E-state index contributed by atoms with van der Waals surface area (Å²) in [5.41, 5.74) is 0. The monoisotopic (exact) mass is 296 g/mol. The zero-order valence-electron chi connectivity index (χ0n) is 13.1. The molecule has 120 valence electrons. The second kappa shape index (κ2) is 7.07. The number of likely N-dealkylation sites (tertiary alicyclic amines) is 1. The number of amides is 1. The maximum absolute atomic E-state index is 12.1. The van der Waals surface area contributed by atoms with Crippen LogP contribution in [0, 0.1) is 0 Å². The summed E-state index contributed by atoms with van der Waals surface area (Å²) in [6.45, 7) is 5.63. The maximum atomic E-state index is 12.1. The van der Waals surface area contributed by atoms with Crippen molar-refractivity contribution in [1.82, 2.24) is 10.2 Å². The molecule has 0 radical (unpaired) electrons. The fourth-order valence-electron chi connectivity index (χ4n) is 3.20. The highest BCUT2D eigenvalue weighted by atomic mass is 16.5. The molecule has 0 aromatic rings. The third kappa shape index (κ3) is 4.41. The summed E-state index contributed by atoms with van der Waals surface area (Å²) < 4.78 is 11.6. The number of carbonyl (C=O) groups excluding carboxylic acids is 1. The van der Waals surface area contributed by atoms with Crippen molar-refractivity contribution in [2.45, 2.75) is 69.7 Å². The Kier molecular flexibility index (Phi) is 5.14. The van der Waals surface area contributed by atoms with Gasteiger partial charge in [0.15, 0.2) is 0 Å². The Morgan fingerprint density at radius 1 is 1.10 bits per heavy atom. The van der Waals surface area contributed by atoms with E-state index in [9.17, 15) is 4.79 Å². The van der Waals surface area contributed by atoms with E-state index in [1.807, 2.05) is 6.92 Å². The molecule has 3 rings (SSSR count). The number of carbonyl (C=O) groups is 1. The number of ether oxygens (including phenoxy) is 2. The van der Waals surface area contributed by atoms with Crippen LogP contribution in [0.4, 0.5) is 0 Å². The normalized spacial score (nSPS) is 27.5. The minimum Gasteiger partial charge on any atom is -0.381 e. The highest BCUT2D eigenvalue weighted by Crippen LogP contribution is 2.22. The van der Waals surface area contributed by atoms with Gasteiger partial charge in [-0.2, -0.15) is 0 Å². The first-order chi connectivity index (χ1) is 10.2. The number of nitrogens with zero attached hydrogens (tertiary/aromatic N) is 1. The quantitative estimate of drug-likeness (QED) is 0.831. The Bertz CT molecular complexity index is 345. The Hall–Kier alpha value is -0.650. The smallest absolute Gasteiger partial charge is 0.237 e. The van der Waals surface area contributed by atoms with Gasteiger partial charge >= 0.3 is 0 Å². The third-order valence-electron chi connectivity index (χ3n) is 4.88. The van der Waals surface area contributed by atoms with Crippen molar-refractivity contribution >= 4 is 5.91 Å². The number of piperidine rings is 1. The van der Waals surface area contributed by atoms with Crippen molar-refractivity contribution < 1.29 is 14.3 Å². The summed E-state index contributed by atoms with van der Waals surface area (Å²) in [6, 6.07) is 0.448. The molecule has 0 bridgehead atoms. The fourth-order valence-corrected chi connectivity index (χ4v) is 3.20. The van der Waals surface area contributed by atoms with Crippen LogP contribution >= 0.6 is 0 Å². The Balaban J connectivity index is 1.38. The van der Waals surface area contributed by atoms with Gasteiger partial charge in [-0.1, -0.05) is 0 Å². The molecule has 5 nitrogen and oxygen atoms in total. The van der Waals surface area contributed by atoms with Crippen molar-refractivity contribution in [1.29, 1.82) is 0 Å². The topological polar surface area (TPSA) is 50.8 Å².